The Morgan fingerprint density at radius 2 is 2.19 bits per heavy atom. The van der Waals surface area contributed by atoms with Crippen LogP contribution >= 0.6 is 22.6 Å². The van der Waals surface area contributed by atoms with Crippen molar-refractivity contribution in [3.8, 4) is 0 Å². The first-order chi connectivity index (χ1) is 9.76. The second-order valence-electron chi connectivity index (χ2n) is 7.52. The summed E-state index contributed by atoms with van der Waals surface area (Å²) in [6, 6.07) is 0. The number of halogens is 1. The van der Waals surface area contributed by atoms with Gasteiger partial charge in [-0.15, -0.1) is 0 Å². The molecule has 2 heterocycles. The van der Waals surface area contributed by atoms with Gasteiger partial charge in [0, 0.05) is 24.1 Å². The highest BCUT2D eigenvalue weighted by Crippen LogP contribution is 2.53. The van der Waals surface area contributed by atoms with E-state index in [0.29, 0.717) is 5.41 Å². The van der Waals surface area contributed by atoms with Gasteiger partial charge in [0.25, 0.3) is 0 Å². The lowest BCUT2D eigenvalue weighted by Crippen LogP contribution is -2.64. The van der Waals surface area contributed by atoms with E-state index in [4.69, 9.17) is 4.74 Å². The molecule has 1 amide bonds. The van der Waals surface area contributed by atoms with Crippen LogP contribution in [-0.2, 0) is 11.2 Å². The average molecular weight is 403 g/mol. The zero-order valence-corrected chi connectivity index (χ0v) is 14.9. The summed E-state index contributed by atoms with van der Waals surface area (Å²) in [6.07, 6.45) is 5.30. The monoisotopic (exact) mass is 403 g/mol. The first-order valence-electron chi connectivity index (χ1n) is 7.42. The normalized spacial score (nSPS) is 21.0. The fourth-order valence-electron chi connectivity index (χ4n) is 3.54. The summed E-state index contributed by atoms with van der Waals surface area (Å²) in [5.74, 6) is 0.733. The van der Waals surface area contributed by atoms with E-state index in [-0.39, 0.29) is 6.09 Å². The highest BCUT2D eigenvalue weighted by atomic mass is 127. The van der Waals surface area contributed by atoms with Gasteiger partial charge in [0.05, 0.1) is 9.90 Å². The van der Waals surface area contributed by atoms with E-state index in [1.807, 2.05) is 31.9 Å². The number of likely N-dealkylation sites (tertiary alicyclic amines) is 1. The number of aromatic amines is 1. The molecule has 1 spiro atoms. The van der Waals surface area contributed by atoms with Gasteiger partial charge < -0.3 is 9.64 Å². The van der Waals surface area contributed by atoms with Crippen LogP contribution in [0.4, 0.5) is 4.79 Å². The second kappa shape index (κ2) is 5.14. The third-order valence-corrected chi connectivity index (χ3v) is 5.26. The fraction of sp³-hybridized carbons (Fsp3) is 0.733. The molecule has 1 N–H and O–H groups in total. The number of carbonyl (C=O) groups excluding carboxylic acids is 1. The molecule has 0 atom stereocenters. The molecule has 1 aliphatic heterocycles. The van der Waals surface area contributed by atoms with Crippen molar-refractivity contribution >= 4 is 28.7 Å². The molecule has 5 nitrogen and oxygen atoms in total. The number of nitrogens with one attached hydrogen (secondary N) is 1. The van der Waals surface area contributed by atoms with Crippen LogP contribution in [0, 0.1) is 15.0 Å². The summed E-state index contributed by atoms with van der Waals surface area (Å²) in [5, 5.41) is 7.05. The van der Waals surface area contributed by atoms with Crippen LogP contribution in [0.25, 0.3) is 0 Å². The Morgan fingerprint density at radius 1 is 1.52 bits per heavy atom. The minimum atomic E-state index is -0.403. The van der Waals surface area contributed by atoms with Crippen molar-refractivity contribution in [2.45, 2.75) is 45.6 Å². The molecule has 1 aliphatic carbocycles. The lowest BCUT2D eigenvalue weighted by Gasteiger charge is -2.58. The molecular weight excluding hydrogens is 381 g/mol. The van der Waals surface area contributed by atoms with Crippen LogP contribution in [0.1, 0.15) is 39.2 Å². The number of aromatic nitrogens is 2. The van der Waals surface area contributed by atoms with E-state index in [1.165, 1.54) is 18.4 Å². The van der Waals surface area contributed by atoms with Crippen LogP contribution in [0.5, 0.6) is 0 Å². The van der Waals surface area contributed by atoms with Crippen LogP contribution in [0.2, 0.25) is 0 Å². The summed E-state index contributed by atoms with van der Waals surface area (Å²) in [5.41, 5.74) is 1.29. The van der Waals surface area contributed by atoms with Gasteiger partial charge >= 0.3 is 6.09 Å². The molecule has 0 radical (unpaired) electrons. The number of H-pyrrole nitrogens is 1. The first kappa shape index (κ1) is 15.1. The lowest BCUT2D eigenvalue weighted by molar-refractivity contribution is -0.0947. The Bertz CT molecular complexity index is 535. The van der Waals surface area contributed by atoms with Crippen molar-refractivity contribution in [2.75, 3.05) is 13.1 Å². The van der Waals surface area contributed by atoms with E-state index in [1.54, 1.807) is 0 Å². The van der Waals surface area contributed by atoms with Gasteiger partial charge in [0.1, 0.15) is 5.60 Å². The smallest absolute Gasteiger partial charge is 0.410 e. The Balaban J connectivity index is 1.44. The Labute approximate surface area is 138 Å². The third-order valence-electron chi connectivity index (χ3n) is 4.32. The van der Waals surface area contributed by atoms with Gasteiger partial charge in [0.15, 0.2) is 0 Å². The molecule has 1 aromatic heterocycles. The van der Waals surface area contributed by atoms with Crippen molar-refractivity contribution in [3.05, 3.63) is 15.5 Å². The predicted octanol–water partition coefficient (Wildman–Crippen LogP) is 3.20. The quantitative estimate of drug-likeness (QED) is 0.772. The van der Waals surface area contributed by atoms with E-state index < -0.39 is 5.60 Å². The number of amides is 1. The van der Waals surface area contributed by atoms with Gasteiger partial charge in [-0.1, -0.05) is 0 Å². The molecule has 1 saturated carbocycles. The van der Waals surface area contributed by atoms with E-state index in [2.05, 4.69) is 32.8 Å². The largest absolute Gasteiger partial charge is 0.444 e. The molecule has 2 aliphatic rings. The molecule has 0 unspecified atom stereocenters. The van der Waals surface area contributed by atoms with Crippen molar-refractivity contribution < 1.29 is 9.53 Å². The molecule has 3 rings (SSSR count). The standard InChI is InChI=1S/C15H22IN3O2/c1-14(2,3)21-13(20)19-8-15(9-19)5-10(6-15)4-11-7-17-18-12(11)16/h7,10H,4-6,8-9H2,1-3H3,(H,17,18). The maximum Gasteiger partial charge on any atom is 0.410 e. The molecule has 116 valence electrons. The van der Waals surface area contributed by atoms with Crippen molar-refractivity contribution in [1.29, 1.82) is 0 Å². The maximum atomic E-state index is 11.9. The number of ether oxygens (including phenoxy) is 1. The summed E-state index contributed by atoms with van der Waals surface area (Å²) in [6.45, 7) is 7.45. The van der Waals surface area contributed by atoms with E-state index in [0.717, 1.165) is 29.1 Å². The van der Waals surface area contributed by atoms with Crippen LogP contribution in [0.3, 0.4) is 0 Å². The van der Waals surface area contributed by atoms with E-state index >= 15 is 0 Å². The Morgan fingerprint density at radius 3 is 2.71 bits per heavy atom. The van der Waals surface area contributed by atoms with Gasteiger partial charge in [-0.05, 0) is 68.5 Å². The Hall–Kier alpha value is -0.790. The number of hydrogen-bond acceptors (Lipinski definition) is 3. The number of hydrogen-bond donors (Lipinski definition) is 1. The zero-order chi connectivity index (χ0) is 15.3. The Kier molecular flexibility index (Phi) is 3.70. The summed E-state index contributed by atoms with van der Waals surface area (Å²) in [7, 11) is 0. The van der Waals surface area contributed by atoms with Crippen LogP contribution in [-0.4, -0.2) is 39.9 Å². The van der Waals surface area contributed by atoms with E-state index in [9.17, 15) is 4.79 Å². The van der Waals surface area contributed by atoms with Crippen molar-refractivity contribution in [2.24, 2.45) is 11.3 Å². The summed E-state index contributed by atoms with van der Waals surface area (Å²) in [4.78, 5) is 13.8. The molecule has 2 fully saturated rings. The zero-order valence-electron chi connectivity index (χ0n) is 12.8. The molecule has 6 heteroatoms. The lowest BCUT2D eigenvalue weighted by atomic mass is 9.57. The van der Waals surface area contributed by atoms with Crippen LogP contribution in [0.15, 0.2) is 6.20 Å². The number of carbonyl (C=O) groups is 1. The highest BCUT2D eigenvalue weighted by Gasteiger charge is 2.54. The maximum absolute atomic E-state index is 11.9. The van der Waals surface area contributed by atoms with Gasteiger partial charge in [-0.3, -0.25) is 5.10 Å². The van der Waals surface area contributed by atoms with Gasteiger partial charge in [0.2, 0.25) is 0 Å². The summed E-state index contributed by atoms with van der Waals surface area (Å²) < 4.78 is 6.56. The number of nitrogens with zero attached hydrogens (tertiary/aromatic N) is 2. The van der Waals surface area contributed by atoms with Crippen molar-refractivity contribution in [3.63, 3.8) is 0 Å². The molecule has 0 aromatic carbocycles. The molecular formula is C15H22IN3O2. The molecule has 21 heavy (non-hydrogen) atoms. The van der Waals surface area contributed by atoms with Crippen LogP contribution < -0.4 is 0 Å². The summed E-state index contributed by atoms with van der Waals surface area (Å²) >= 11 is 2.30. The van der Waals surface area contributed by atoms with Gasteiger partial charge in [-0.2, -0.15) is 5.10 Å². The second-order valence-corrected chi connectivity index (χ2v) is 8.60. The first-order valence-corrected chi connectivity index (χ1v) is 8.50. The minimum Gasteiger partial charge on any atom is -0.444 e. The molecule has 0 bridgehead atoms. The fourth-order valence-corrected chi connectivity index (χ4v) is 4.03. The SMILES string of the molecule is CC(C)(C)OC(=O)N1CC2(CC(Cc3cn[nH]c3I)C2)C1. The predicted molar refractivity (Wildman–Crippen MR) is 88.0 cm³/mol. The highest BCUT2D eigenvalue weighted by molar-refractivity contribution is 14.1. The third kappa shape index (κ3) is 3.19. The molecule has 1 saturated heterocycles. The topological polar surface area (TPSA) is 58.2 Å². The van der Waals surface area contributed by atoms with Crippen molar-refractivity contribution in [1.82, 2.24) is 15.1 Å². The number of rotatable bonds is 2. The average Bonchev–Trinajstić information content (AvgIpc) is 2.63. The minimum absolute atomic E-state index is 0.166. The molecule has 1 aromatic rings. The van der Waals surface area contributed by atoms with Gasteiger partial charge in [-0.25, -0.2) is 4.79 Å².